The molecule has 0 bridgehead atoms. The van der Waals surface area contributed by atoms with E-state index in [2.05, 4.69) is 5.32 Å². The Bertz CT molecular complexity index is 232. The predicted molar refractivity (Wildman–Crippen MR) is 71.0 cm³/mol. The third-order valence-electron chi connectivity index (χ3n) is 2.35. The molecule has 3 N–H and O–H groups in total. The van der Waals surface area contributed by atoms with Crippen LogP contribution in [-0.4, -0.2) is 23.8 Å². The molecule has 0 saturated carbocycles. The summed E-state index contributed by atoms with van der Waals surface area (Å²) in [6.45, 7) is 10.3. The Balaban J connectivity index is 3.94. The summed E-state index contributed by atoms with van der Waals surface area (Å²) < 4.78 is 5.23. The molecule has 0 fully saturated rings. The molecule has 102 valence electrons. The maximum absolute atomic E-state index is 11.6. The average Bonchev–Trinajstić information content (AvgIpc) is 2.08. The minimum Gasteiger partial charge on any atom is -0.444 e. The summed E-state index contributed by atoms with van der Waals surface area (Å²) >= 11 is 0. The number of hydrogen-bond acceptors (Lipinski definition) is 3. The van der Waals surface area contributed by atoms with Crippen LogP contribution in [0.4, 0.5) is 4.79 Å². The van der Waals surface area contributed by atoms with Crippen molar-refractivity contribution in [2.45, 2.75) is 71.4 Å². The number of alkyl carbamates (subject to hydrolysis) is 1. The van der Waals surface area contributed by atoms with E-state index in [4.69, 9.17) is 10.5 Å². The van der Waals surface area contributed by atoms with Crippen LogP contribution in [0.1, 0.15) is 60.3 Å². The molecular weight excluding hydrogens is 216 g/mol. The Morgan fingerprint density at radius 1 is 1.12 bits per heavy atom. The smallest absolute Gasteiger partial charge is 0.408 e. The van der Waals surface area contributed by atoms with Crippen molar-refractivity contribution < 1.29 is 9.53 Å². The fourth-order valence-electron chi connectivity index (χ4n) is 1.53. The molecule has 0 atom stereocenters. The number of nitrogens with two attached hydrogens (primary N) is 1. The molecule has 0 saturated heterocycles. The molecule has 0 rings (SSSR count). The Kier molecular flexibility index (Phi) is 6.53. The number of carbonyl (C=O) groups is 1. The molecular formula is C13H28N2O2. The molecule has 0 aliphatic rings. The lowest BCUT2D eigenvalue weighted by atomic mass is 9.97. The van der Waals surface area contributed by atoms with Gasteiger partial charge in [-0.1, -0.05) is 12.8 Å². The van der Waals surface area contributed by atoms with Crippen LogP contribution < -0.4 is 11.1 Å². The number of carbonyl (C=O) groups excluding carboxylic acids is 1. The first kappa shape index (κ1) is 16.2. The number of nitrogens with one attached hydrogen (secondary N) is 1. The van der Waals surface area contributed by atoms with Gasteiger partial charge in [-0.2, -0.15) is 0 Å². The number of ether oxygens (including phenoxy) is 1. The zero-order valence-electron chi connectivity index (χ0n) is 11.9. The second-order valence-corrected chi connectivity index (χ2v) is 6.11. The van der Waals surface area contributed by atoms with Gasteiger partial charge in [0.1, 0.15) is 5.60 Å². The topological polar surface area (TPSA) is 64.3 Å². The van der Waals surface area contributed by atoms with Gasteiger partial charge in [0.2, 0.25) is 0 Å². The summed E-state index contributed by atoms with van der Waals surface area (Å²) in [5.41, 5.74) is 4.77. The lowest BCUT2D eigenvalue weighted by molar-refractivity contribution is 0.0467. The van der Waals surface area contributed by atoms with Gasteiger partial charge in [-0.15, -0.1) is 0 Å². The molecule has 0 aliphatic heterocycles. The molecule has 0 unspecified atom stereocenters. The maximum atomic E-state index is 11.6. The highest BCUT2D eigenvalue weighted by Crippen LogP contribution is 2.15. The van der Waals surface area contributed by atoms with Crippen molar-refractivity contribution in [2.75, 3.05) is 6.54 Å². The van der Waals surface area contributed by atoms with Gasteiger partial charge in [-0.05, 0) is 54.0 Å². The Morgan fingerprint density at radius 2 is 1.71 bits per heavy atom. The van der Waals surface area contributed by atoms with Crippen LogP contribution in [0.15, 0.2) is 0 Å². The van der Waals surface area contributed by atoms with E-state index >= 15 is 0 Å². The first-order valence-corrected chi connectivity index (χ1v) is 6.37. The minimum atomic E-state index is -0.445. The molecule has 0 aromatic carbocycles. The fourth-order valence-corrected chi connectivity index (χ4v) is 1.53. The lowest BCUT2D eigenvalue weighted by Gasteiger charge is -2.28. The SMILES string of the molecule is CC(C)(CCCCCN)NC(=O)OC(C)(C)C. The summed E-state index contributed by atoms with van der Waals surface area (Å²) in [4.78, 5) is 11.6. The van der Waals surface area contributed by atoms with E-state index < -0.39 is 5.60 Å². The van der Waals surface area contributed by atoms with Gasteiger partial charge in [0.15, 0.2) is 0 Å². The van der Waals surface area contributed by atoms with Crippen molar-refractivity contribution in [3.63, 3.8) is 0 Å². The number of hydrogen-bond donors (Lipinski definition) is 2. The van der Waals surface area contributed by atoms with Gasteiger partial charge in [0.25, 0.3) is 0 Å². The second kappa shape index (κ2) is 6.84. The molecule has 0 radical (unpaired) electrons. The van der Waals surface area contributed by atoms with Crippen LogP contribution in [0, 0.1) is 0 Å². The van der Waals surface area contributed by atoms with Gasteiger partial charge in [0.05, 0.1) is 0 Å². The number of unbranched alkanes of at least 4 members (excludes halogenated alkanes) is 2. The Morgan fingerprint density at radius 3 is 2.18 bits per heavy atom. The quantitative estimate of drug-likeness (QED) is 0.706. The van der Waals surface area contributed by atoms with E-state index in [1.807, 2.05) is 34.6 Å². The van der Waals surface area contributed by atoms with Gasteiger partial charge < -0.3 is 15.8 Å². The summed E-state index contributed by atoms with van der Waals surface area (Å²) in [5, 5.41) is 2.90. The zero-order chi connectivity index (χ0) is 13.5. The van der Waals surface area contributed by atoms with E-state index in [1.165, 1.54) is 0 Å². The third-order valence-corrected chi connectivity index (χ3v) is 2.35. The van der Waals surface area contributed by atoms with Gasteiger partial charge >= 0.3 is 6.09 Å². The van der Waals surface area contributed by atoms with Crippen molar-refractivity contribution in [1.82, 2.24) is 5.32 Å². The Hall–Kier alpha value is -0.770. The fraction of sp³-hybridized carbons (Fsp3) is 0.923. The molecule has 4 heteroatoms. The average molecular weight is 244 g/mol. The molecule has 4 nitrogen and oxygen atoms in total. The highest BCUT2D eigenvalue weighted by molar-refractivity contribution is 5.68. The summed E-state index contributed by atoms with van der Waals surface area (Å²) in [5.74, 6) is 0. The molecule has 1 amide bonds. The molecule has 0 heterocycles. The van der Waals surface area contributed by atoms with Crippen molar-refractivity contribution in [3.8, 4) is 0 Å². The van der Waals surface area contributed by atoms with Crippen molar-refractivity contribution >= 4 is 6.09 Å². The standard InChI is InChI=1S/C13H28N2O2/c1-12(2,3)17-11(16)15-13(4,5)9-7-6-8-10-14/h6-10,14H2,1-5H3,(H,15,16). The first-order chi connectivity index (χ1) is 7.66. The predicted octanol–water partition coefficient (Wildman–Crippen LogP) is 2.81. The highest BCUT2D eigenvalue weighted by atomic mass is 16.6. The van der Waals surface area contributed by atoms with Gasteiger partial charge in [0, 0.05) is 5.54 Å². The van der Waals surface area contributed by atoms with E-state index in [1.54, 1.807) is 0 Å². The lowest BCUT2D eigenvalue weighted by Crippen LogP contribution is -2.45. The number of amides is 1. The maximum Gasteiger partial charge on any atom is 0.408 e. The van der Waals surface area contributed by atoms with Crippen molar-refractivity contribution in [1.29, 1.82) is 0 Å². The summed E-state index contributed by atoms with van der Waals surface area (Å²) in [7, 11) is 0. The Labute approximate surface area is 105 Å². The third kappa shape index (κ3) is 10.1. The normalized spacial score (nSPS) is 12.4. The zero-order valence-corrected chi connectivity index (χ0v) is 11.9. The number of rotatable bonds is 6. The monoisotopic (exact) mass is 244 g/mol. The minimum absolute atomic E-state index is 0.225. The van der Waals surface area contributed by atoms with E-state index in [0.29, 0.717) is 0 Å². The highest BCUT2D eigenvalue weighted by Gasteiger charge is 2.23. The molecule has 0 aromatic rings. The second-order valence-electron chi connectivity index (χ2n) is 6.11. The van der Waals surface area contributed by atoms with Gasteiger partial charge in [-0.25, -0.2) is 4.79 Å². The van der Waals surface area contributed by atoms with E-state index in [9.17, 15) is 4.79 Å². The first-order valence-electron chi connectivity index (χ1n) is 6.37. The van der Waals surface area contributed by atoms with Crippen LogP contribution in [0.3, 0.4) is 0 Å². The van der Waals surface area contributed by atoms with Crippen LogP contribution in [0.5, 0.6) is 0 Å². The van der Waals surface area contributed by atoms with Gasteiger partial charge in [-0.3, -0.25) is 0 Å². The van der Waals surface area contributed by atoms with Crippen LogP contribution >= 0.6 is 0 Å². The molecule has 0 aromatic heterocycles. The van der Waals surface area contributed by atoms with Crippen LogP contribution in [0.25, 0.3) is 0 Å². The largest absolute Gasteiger partial charge is 0.444 e. The van der Waals surface area contributed by atoms with Crippen LogP contribution in [0.2, 0.25) is 0 Å². The van der Waals surface area contributed by atoms with E-state index in [-0.39, 0.29) is 11.6 Å². The molecule has 17 heavy (non-hydrogen) atoms. The summed E-state index contributed by atoms with van der Waals surface area (Å²) in [6.07, 6.45) is 3.81. The van der Waals surface area contributed by atoms with Crippen LogP contribution in [-0.2, 0) is 4.74 Å². The molecule has 0 spiro atoms. The van der Waals surface area contributed by atoms with Crippen molar-refractivity contribution in [3.05, 3.63) is 0 Å². The summed E-state index contributed by atoms with van der Waals surface area (Å²) in [6, 6.07) is 0. The van der Waals surface area contributed by atoms with Crippen molar-refractivity contribution in [2.24, 2.45) is 5.73 Å². The molecule has 0 aliphatic carbocycles. The van der Waals surface area contributed by atoms with E-state index in [0.717, 1.165) is 32.2 Å².